The second-order valence-corrected chi connectivity index (χ2v) is 4.12. The van der Waals surface area contributed by atoms with Gasteiger partial charge in [-0.1, -0.05) is 11.6 Å². The second kappa shape index (κ2) is 6.47. The van der Waals surface area contributed by atoms with Crippen LogP contribution in [0.3, 0.4) is 0 Å². The Hall–Kier alpha value is -1.69. The summed E-state index contributed by atoms with van der Waals surface area (Å²) in [6.07, 6.45) is 0. The molecule has 0 aliphatic carbocycles. The SMILES string of the molecule is CCOC(=O)CN(C)C(=O)c1cc(F)c(F)cc1Cl. The van der Waals surface area contributed by atoms with Gasteiger partial charge in [0, 0.05) is 7.05 Å². The molecule has 0 bridgehead atoms. The Morgan fingerprint density at radius 3 is 2.47 bits per heavy atom. The van der Waals surface area contributed by atoms with Crippen LogP contribution in [-0.4, -0.2) is 37.0 Å². The van der Waals surface area contributed by atoms with E-state index in [1.807, 2.05) is 0 Å². The van der Waals surface area contributed by atoms with Gasteiger partial charge in [-0.15, -0.1) is 0 Å². The molecule has 4 nitrogen and oxygen atoms in total. The first-order valence-corrected chi connectivity index (χ1v) is 5.80. The number of hydrogen-bond acceptors (Lipinski definition) is 3. The lowest BCUT2D eigenvalue weighted by Crippen LogP contribution is -2.33. The number of carbonyl (C=O) groups excluding carboxylic acids is 2. The highest BCUT2D eigenvalue weighted by atomic mass is 35.5. The highest BCUT2D eigenvalue weighted by Gasteiger charge is 2.20. The van der Waals surface area contributed by atoms with E-state index in [0.717, 1.165) is 4.90 Å². The number of nitrogens with zero attached hydrogens (tertiary/aromatic N) is 1. The lowest BCUT2D eigenvalue weighted by molar-refractivity contribution is -0.143. The fourth-order valence-electron chi connectivity index (χ4n) is 1.36. The summed E-state index contributed by atoms with van der Waals surface area (Å²) in [6.45, 7) is 1.51. The van der Waals surface area contributed by atoms with E-state index in [1.165, 1.54) is 7.05 Å². The Balaban J connectivity index is 2.88. The number of hydrogen-bond donors (Lipinski definition) is 0. The van der Waals surface area contributed by atoms with Crippen LogP contribution in [0.15, 0.2) is 12.1 Å². The quantitative estimate of drug-likeness (QED) is 0.631. The average Bonchev–Trinajstić information content (AvgIpc) is 2.33. The Bertz CT molecular complexity index is 508. The molecule has 1 aromatic rings. The van der Waals surface area contributed by atoms with Crippen molar-refractivity contribution in [2.75, 3.05) is 20.2 Å². The zero-order valence-corrected chi connectivity index (χ0v) is 11.1. The van der Waals surface area contributed by atoms with Gasteiger partial charge >= 0.3 is 5.97 Å². The highest BCUT2D eigenvalue weighted by Crippen LogP contribution is 2.21. The predicted molar refractivity (Wildman–Crippen MR) is 65.0 cm³/mol. The maximum Gasteiger partial charge on any atom is 0.325 e. The Labute approximate surface area is 113 Å². The second-order valence-electron chi connectivity index (χ2n) is 3.71. The summed E-state index contributed by atoms with van der Waals surface area (Å²) in [4.78, 5) is 24.1. The summed E-state index contributed by atoms with van der Waals surface area (Å²) in [6, 6.07) is 1.41. The van der Waals surface area contributed by atoms with Gasteiger partial charge in [0.2, 0.25) is 0 Å². The van der Waals surface area contributed by atoms with Crippen LogP contribution >= 0.6 is 11.6 Å². The van der Waals surface area contributed by atoms with Gasteiger partial charge in [-0.05, 0) is 19.1 Å². The van der Waals surface area contributed by atoms with Gasteiger partial charge in [0.25, 0.3) is 5.91 Å². The van der Waals surface area contributed by atoms with Gasteiger partial charge in [-0.25, -0.2) is 8.78 Å². The molecule has 0 radical (unpaired) electrons. The number of esters is 1. The van der Waals surface area contributed by atoms with Crippen LogP contribution in [0.25, 0.3) is 0 Å². The van der Waals surface area contributed by atoms with Crippen LogP contribution in [0.5, 0.6) is 0 Å². The molecule has 1 amide bonds. The molecule has 19 heavy (non-hydrogen) atoms. The van der Waals surface area contributed by atoms with E-state index >= 15 is 0 Å². The van der Waals surface area contributed by atoms with Gasteiger partial charge in [-0.3, -0.25) is 9.59 Å². The van der Waals surface area contributed by atoms with Crippen molar-refractivity contribution in [3.05, 3.63) is 34.4 Å². The van der Waals surface area contributed by atoms with Crippen LogP contribution in [0, 0.1) is 11.6 Å². The van der Waals surface area contributed by atoms with Crippen LogP contribution in [0.2, 0.25) is 5.02 Å². The molecule has 0 atom stereocenters. The molecule has 0 spiro atoms. The summed E-state index contributed by atoms with van der Waals surface area (Å²) >= 11 is 5.67. The molecular formula is C12H12ClF2NO3. The van der Waals surface area contributed by atoms with Crippen molar-refractivity contribution in [2.24, 2.45) is 0 Å². The van der Waals surface area contributed by atoms with Crippen molar-refractivity contribution in [3.8, 4) is 0 Å². The number of carbonyl (C=O) groups is 2. The molecule has 0 aliphatic rings. The standard InChI is InChI=1S/C12H12ClF2NO3/c1-3-19-11(17)6-16(2)12(18)7-4-9(14)10(15)5-8(7)13/h4-5H,3,6H2,1-2H3. The summed E-state index contributed by atoms with van der Waals surface area (Å²) < 4.78 is 30.6. The fraction of sp³-hybridized carbons (Fsp3) is 0.333. The number of ether oxygens (including phenoxy) is 1. The topological polar surface area (TPSA) is 46.6 Å². The maximum atomic E-state index is 13.1. The van der Waals surface area contributed by atoms with Gasteiger partial charge in [0.15, 0.2) is 11.6 Å². The van der Waals surface area contributed by atoms with Crippen molar-refractivity contribution in [1.29, 1.82) is 0 Å². The summed E-state index contributed by atoms with van der Waals surface area (Å²) in [5.41, 5.74) is -0.215. The molecule has 1 rings (SSSR count). The van der Waals surface area contributed by atoms with Crippen LogP contribution in [-0.2, 0) is 9.53 Å². The van der Waals surface area contributed by atoms with E-state index in [0.29, 0.717) is 12.1 Å². The molecule has 0 aromatic heterocycles. The molecule has 0 fully saturated rings. The summed E-state index contributed by atoms with van der Waals surface area (Å²) in [5.74, 6) is -3.62. The van der Waals surface area contributed by atoms with E-state index in [2.05, 4.69) is 4.74 Å². The molecule has 104 valence electrons. The maximum absolute atomic E-state index is 13.1. The van der Waals surface area contributed by atoms with Crippen LogP contribution in [0.1, 0.15) is 17.3 Å². The van der Waals surface area contributed by atoms with Crippen molar-refractivity contribution >= 4 is 23.5 Å². The van der Waals surface area contributed by atoms with Crippen molar-refractivity contribution in [3.63, 3.8) is 0 Å². The Kier molecular flexibility index (Phi) is 5.23. The van der Waals surface area contributed by atoms with Gasteiger partial charge in [-0.2, -0.15) is 0 Å². The van der Waals surface area contributed by atoms with E-state index in [1.54, 1.807) is 6.92 Å². The van der Waals surface area contributed by atoms with Crippen LogP contribution in [0.4, 0.5) is 8.78 Å². The monoisotopic (exact) mass is 291 g/mol. The molecule has 0 aliphatic heterocycles. The van der Waals surface area contributed by atoms with Gasteiger partial charge < -0.3 is 9.64 Å². The third-order valence-electron chi connectivity index (χ3n) is 2.26. The molecule has 0 saturated heterocycles. The minimum atomic E-state index is -1.18. The highest BCUT2D eigenvalue weighted by molar-refractivity contribution is 6.33. The van der Waals surface area contributed by atoms with E-state index in [4.69, 9.17) is 11.6 Å². The third-order valence-corrected chi connectivity index (χ3v) is 2.57. The third kappa shape index (κ3) is 3.89. The smallest absolute Gasteiger partial charge is 0.325 e. The lowest BCUT2D eigenvalue weighted by atomic mass is 10.2. The van der Waals surface area contributed by atoms with Crippen LogP contribution < -0.4 is 0 Å². The average molecular weight is 292 g/mol. The van der Waals surface area contributed by atoms with E-state index < -0.39 is 23.5 Å². The largest absolute Gasteiger partial charge is 0.465 e. The number of amides is 1. The predicted octanol–water partition coefficient (Wildman–Crippen LogP) is 2.25. The first-order valence-electron chi connectivity index (χ1n) is 5.42. The normalized spacial score (nSPS) is 10.2. The molecule has 7 heteroatoms. The number of rotatable bonds is 4. The van der Waals surface area contributed by atoms with Gasteiger partial charge in [0.05, 0.1) is 17.2 Å². The zero-order chi connectivity index (χ0) is 14.6. The Morgan fingerprint density at radius 1 is 1.32 bits per heavy atom. The molecular weight excluding hydrogens is 280 g/mol. The fourth-order valence-corrected chi connectivity index (χ4v) is 1.60. The van der Waals surface area contributed by atoms with Crippen molar-refractivity contribution in [1.82, 2.24) is 4.90 Å². The number of likely N-dealkylation sites (N-methyl/N-ethyl adjacent to an activating group) is 1. The van der Waals surface area contributed by atoms with Crippen molar-refractivity contribution < 1.29 is 23.1 Å². The Morgan fingerprint density at radius 2 is 1.89 bits per heavy atom. The van der Waals surface area contributed by atoms with Gasteiger partial charge in [0.1, 0.15) is 6.54 Å². The minimum absolute atomic E-state index is 0.187. The van der Waals surface area contributed by atoms with E-state index in [9.17, 15) is 18.4 Å². The number of benzene rings is 1. The van der Waals surface area contributed by atoms with Crippen molar-refractivity contribution in [2.45, 2.75) is 6.92 Å². The molecule has 0 N–H and O–H groups in total. The first-order chi connectivity index (χ1) is 8.86. The lowest BCUT2D eigenvalue weighted by Gasteiger charge is -2.16. The molecule has 0 saturated carbocycles. The first kappa shape index (κ1) is 15.4. The minimum Gasteiger partial charge on any atom is -0.465 e. The molecule has 0 heterocycles. The van der Waals surface area contributed by atoms with E-state index in [-0.39, 0.29) is 23.7 Å². The summed E-state index contributed by atoms with van der Waals surface area (Å²) in [5, 5.41) is -0.223. The summed E-state index contributed by atoms with van der Waals surface area (Å²) in [7, 11) is 1.33. The molecule has 1 aromatic carbocycles. The molecule has 0 unspecified atom stereocenters. The zero-order valence-electron chi connectivity index (χ0n) is 10.4. The number of halogens is 3.